The molecule has 2 amide bonds. The van der Waals surface area contributed by atoms with Gasteiger partial charge in [-0.2, -0.15) is 5.10 Å². The lowest BCUT2D eigenvalue weighted by atomic mass is 9.86. The maximum Gasteiger partial charge on any atom is 0.321 e. The van der Waals surface area contributed by atoms with Crippen LogP contribution in [0, 0.1) is 5.92 Å². The summed E-state index contributed by atoms with van der Waals surface area (Å²) in [6.45, 7) is 2.13. The smallest absolute Gasteiger partial charge is 0.321 e. The highest BCUT2D eigenvalue weighted by Crippen LogP contribution is 2.32. The van der Waals surface area contributed by atoms with Crippen LogP contribution in [0.2, 0.25) is 5.02 Å². The Balaban J connectivity index is 1.35. The first-order chi connectivity index (χ1) is 13.2. The van der Waals surface area contributed by atoms with Crippen molar-refractivity contribution in [3.8, 4) is 5.75 Å². The molecule has 6 nitrogen and oxygen atoms in total. The van der Waals surface area contributed by atoms with Crippen LogP contribution in [0.25, 0.3) is 0 Å². The number of likely N-dealkylation sites (tertiary alicyclic amines) is 1. The maximum atomic E-state index is 12.7. The van der Waals surface area contributed by atoms with Crippen molar-refractivity contribution < 1.29 is 9.53 Å². The minimum Gasteiger partial charge on any atom is -0.491 e. The molecule has 1 saturated heterocycles. The number of hydrogen-bond donors (Lipinski definition) is 2. The topological polar surface area (TPSA) is 70.2 Å². The Labute approximate surface area is 164 Å². The fourth-order valence-electron chi connectivity index (χ4n) is 3.67. The number of ether oxygens (including phenoxy) is 1. The molecule has 2 aromatic rings. The van der Waals surface area contributed by atoms with Gasteiger partial charge in [0, 0.05) is 35.9 Å². The van der Waals surface area contributed by atoms with Crippen molar-refractivity contribution in [2.45, 2.75) is 38.0 Å². The van der Waals surface area contributed by atoms with E-state index in [9.17, 15) is 4.79 Å². The molecule has 1 aromatic heterocycles. The van der Waals surface area contributed by atoms with E-state index in [1.165, 1.54) is 19.3 Å². The lowest BCUT2D eigenvalue weighted by molar-refractivity contribution is 0.180. The van der Waals surface area contributed by atoms with Crippen LogP contribution in [-0.2, 0) is 0 Å². The number of carbonyl (C=O) groups is 1. The number of aromatic amines is 1. The molecule has 0 atom stereocenters. The van der Waals surface area contributed by atoms with E-state index in [1.807, 2.05) is 17.0 Å². The number of aromatic nitrogens is 2. The second kappa shape index (κ2) is 8.21. The van der Waals surface area contributed by atoms with E-state index in [0.29, 0.717) is 48.0 Å². The van der Waals surface area contributed by atoms with Gasteiger partial charge in [0.15, 0.2) is 0 Å². The summed E-state index contributed by atoms with van der Waals surface area (Å²) in [5.41, 5.74) is 1.79. The summed E-state index contributed by atoms with van der Waals surface area (Å²) in [5.74, 6) is 1.75. The number of anilines is 1. The molecule has 0 unspecified atom stereocenters. The number of amides is 2. The molecule has 0 spiro atoms. The van der Waals surface area contributed by atoms with Gasteiger partial charge < -0.3 is 15.0 Å². The molecule has 7 heteroatoms. The predicted octanol–water partition coefficient (Wildman–Crippen LogP) is 4.65. The standard InChI is InChI=1S/C20H25ClN4O2/c21-16-4-5-19(27-13-14-2-1-3-14)18(12-16)23-20(26)25-10-7-15(8-11-25)17-6-9-22-24-17/h4-6,9,12,14-15H,1-3,7-8,10-11,13H2,(H,22,24)(H,23,26). The quantitative estimate of drug-likeness (QED) is 0.782. The van der Waals surface area contributed by atoms with Gasteiger partial charge in [0.25, 0.3) is 0 Å². The summed E-state index contributed by atoms with van der Waals surface area (Å²) in [6, 6.07) is 7.30. The molecular weight excluding hydrogens is 364 g/mol. The zero-order valence-electron chi connectivity index (χ0n) is 15.3. The number of nitrogens with zero attached hydrogens (tertiary/aromatic N) is 2. The number of halogens is 1. The summed E-state index contributed by atoms with van der Waals surface area (Å²) in [7, 11) is 0. The molecular formula is C20H25ClN4O2. The van der Waals surface area contributed by atoms with E-state index in [1.54, 1.807) is 18.3 Å². The van der Waals surface area contributed by atoms with Gasteiger partial charge in [-0.15, -0.1) is 0 Å². The molecule has 144 valence electrons. The predicted molar refractivity (Wildman–Crippen MR) is 105 cm³/mol. The fourth-order valence-corrected chi connectivity index (χ4v) is 3.85. The SMILES string of the molecule is O=C(Nc1cc(Cl)ccc1OCC1CCC1)N1CCC(c2ccn[nH]2)CC1. The maximum absolute atomic E-state index is 12.7. The number of carbonyl (C=O) groups excluding carboxylic acids is 1. The molecule has 2 fully saturated rings. The summed E-state index contributed by atoms with van der Waals surface area (Å²) in [6.07, 6.45) is 7.36. The first kappa shape index (κ1) is 18.2. The Morgan fingerprint density at radius 1 is 1.26 bits per heavy atom. The molecule has 0 radical (unpaired) electrons. The second-order valence-corrected chi connectivity index (χ2v) is 7.89. The number of urea groups is 1. The normalized spacial score (nSPS) is 18.2. The van der Waals surface area contributed by atoms with Crippen molar-refractivity contribution in [1.29, 1.82) is 0 Å². The van der Waals surface area contributed by atoms with Crippen LogP contribution in [0.5, 0.6) is 5.75 Å². The van der Waals surface area contributed by atoms with Gasteiger partial charge in [-0.1, -0.05) is 18.0 Å². The van der Waals surface area contributed by atoms with Gasteiger partial charge in [0.05, 0.1) is 12.3 Å². The van der Waals surface area contributed by atoms with Gasteiger partial charge in [-0.05, 0) is 55.9 Å². The lowest BCUT2D eigenvalue weighted by Crippen LogP contribution is -2.40. The average molecular weight is 389 g/mol. The Kier molecular flexibility index (Phi) is 5.53. The summed E-state index contributed by atoms with van der Waals surface area (Å²) >= 11 is 6.13. The molecule has 1 aliphatic carbocycles. The monoisotopic (exact) mass is 388 g/mol. The Morgan fingerprint density at radius 3 is 2.74 bits per heavy atom. The number of rotatable bonds is 5. The van der Waals surface area contributed by atoms with Crippen molar-refractivity contribution >= 4 is 23.3 Å². The summed E-state index contributed by atoms with van der Waals surface area (Å²) < 4.78 is 5.95. The van der Waals surface area contributed by atoms with E-state index in [0.717, 1.165) is 18.5 Å². The highest BCUT2D eigenvalue weighted by Gasteiger charge is 2.25. The van der Waals surface area contributed by atoms with E-state index >= 15 is 0 Å². The number of benzene rings is 1. The van der Waals surface area contributed by atoms with Crippen molar-refractivity contribution in [1.82, 2.24) is 15.1 Å². The van der Waals surface area contributed by atoms with Crippen molar-refractivity contribution in [2.24, 2.45) is 5.92 Å². The van der Waals surface area contributed by atoms with Crippen molar-refractivity contribution in [3.63, 3.8) is 0 Å². The number of hydrogen-bond acceptors (Lipinski definition) is 3. The number of nitrogens with one attached hydrogen (secondary N) is 2. The Morgan fingerprint density at radius 2 is 2.07 bits per heavy atom. The van der Waals surface area contributed by atoms with E-state index in [2.05, 4.69) is 15.5 Å². The van der Waals surface area contributed by atoms with E-state index < -0.39 is 0 Å². The summed E-state index contributed by atoms with van der Waals surface area (Å²) in [4.78, 5) is 14.6. The van der Waals surface area contributed by atoms with Crippen LogP contribution < -0.4 is 10.1 Å². The van der Waals surface area contributed by atoms with Gasteiger partial charge in [0.2, 0.25) is 0 Å². The molecule has 1 saturated carbocycles. The van der Waals surface area contributed by atoms with E-state index in [-0.39, 0.29) is 6.03 Å². The number of piperidine rings is 1. The average Bonchev–Trinajstić information content (AvgIpc) is 3.17. The molecule has 2 aliphatic rings. The summed E-state index contributed by atoms with van der Waals surface area (Å²) in [5, 5.41) is 10.6. The molecule has 1 aromatic carbocycles. The highest BCUT2D eigenvalue weighted by molar-refractivity contribution is 6.31. The highest BCUT2D eigenvalue weighted by atomic mass is 35.5. The number of H-pyrrole nitrogens is 1. The largest absolute Gasteiger partial charge is 0.491 e. The zero-order chi connectivity index (χ0) is 18.6. The Bertz CT molecular complexity index is 768. The minimum atomic E-state index is -0.103. The van der Waals surface area contributed by atoms with E-state index in [4.69, 9.17) is 16.3 Å². The van der Waals surface area contributed by atoms with Crippen LogP contribution in [0.3, 0.4) is 0 Å². The lowest BCUT2D eigenvalue weighted by Gasteiger charge is -2.31. The third-order valence-corrected chi connectivity index (χ3v) is 5.86. The van der Waals surface area contributed by atoms with Crippen molar-refractivity contribution in [2.75, 3.05) is 25.0 Å². The first-order valence-corrected chi connectivity index (χ1v) is 10.0. The van der Waals surface area contributed by atoms with Crippen LogP contribution in [0.1, 0.15) is 43.7 Å². The van der Waals surface area contributed by atoms with Gasteiger partial charge in [-0.3, -0.25) is 5.10 Å². The van der Waals surface area contributed by atoms with Gasteiger partial charge >= 0.3 is 6.03 Å². The zero-order valence-corrected chi connectivity index (χ0v) is 16.0. The molecule has 1 aliphatic heterocycles. The third-order valence-electron chi connectivity index (χ3n) is 5.63. The van der Waals surface area contributed by atoms with Crippen LogP contribution in [-0.4, -0.2) is 40.8 Å². The van der Waals surface area contributed by atoms with Gasteiger partial charge in [0.1, 0.15) is 5.75 Å². The minimum absolute atomic E-state index is 0.103. The third kappa shape index (κ3) is 4.38. The van der Waals surface area contributed by atoms with Crippen LogP contribution in [0.15, 0.2) is 30.5 Å². The van der Waals surface area contributed by atoms with Crippen molar-refractivity contribution in [3.05, 3.63) is 41.2 Å². The van der Waals surface area contributed by atoms with Gasteiger partial charge in [-0.25, -0.2) is 4.79 Å². The molecule has 2 N–H and O–H groups in total. The second-order valence-electron chi connectivity index (χ2n) is 7.45. The molecule has 4 rings (SSSR count). The fraction of sp³-hybridized carbons (Fsp3) is 0.500. The molecule has 0 bridgehead atoms. The first-order valence-electron chi connectivity index (χ1n) is 9.66. The molecule has 2 heterocycles. The van der Waals surface area contributed by atoms with Crippen LogP contribution >= 0.6 is 11.6 Å². The Hall–Kier alpha value is -2.21. The van der Waals surface area contributed by atoms with Crippen LogP contribution in [0.4, 0.5) is 10.5 Å². The molecule has 27 heavy (non-hydrogen) atoms.